The van der Waals surface area contributed by atoms with Crippen LogP contribution in [0.2, 0.25) is 0 Å². The van der Waals surface area contributed by atoms with Crippen LogP contribution in [0.4, 0.5) is 0 Å². The van der Waals surface area contributed by atoms with Crippen LogP contribution in [0.1, 0.15) is 0 Å². The molecular weight excluding hydrogens is 789 g/mol. The maximum Gasteiger partial charge on any atom is 0.164 e. The third-order valence-corrected chi connectivity index (χ3v) is 13.4. The van der Waals surface area contributed by atoms with Gasteiger partial charge in [-0.2, -0.15) is 0 Å². The second kappa shape index (κ2) is 14.2. The minimum absolute atomic E-state index is 0.623. The Kier molecular flexibility index (Phi) is 8.01. The van der Waals surface area contributed by atoms with Crippen LogP contribution < -0.4 is 0 Å². The van der Waals surface area contributed by atoms with Gasteiger partial charge in [0.2, 0.25) is 0 Å². The molecule has 0 saturated carbocycles. The smallest absolute Gasteiger partial charge is 0.164 e. The van der Waals surface area contributed by atoms with Crippen molar-refractivity contribution in [2.45, 2.75) is 0 Å². The van der Waals surface area contributed by atoms with E-state index in [0.29, 0.717) is 17.5 Å². The van der Waals surface area contributed by atoms with Crippen molar-refractivity contribution in [1.82, 2.24) is 19.5 Å². The van der Waals surface area contributed by atoms with Gasteiger partial charge >= 0.3 is 0 Å². The van der Waals surface area contributed by atoms with Gasteiger partial charge in [-0.3, -0.25) is 0 Å². The molecule has 4 aromatic heterocycles. The molecule has 13 aromatic rings. The Balaban J connectivity index is 1.02. The van der Waals surface area contributed by atoms with Crippen LogP contribution in [0.15, 0.2) is 211 Å². The van der Waals surface area contributed by atoms with Crippen molar-refractivity contribution in [3.05, 3.63) is 206 Å². The Morgan fingerprint density at radius 3 is 1.68 bits per heavy atom. The van der Waals surface area contributed by atoms with Crippen LogP contribution in [0.5, 0.6) is 0 Å². The van der Waals surface area contributed by atoms with Gasteiger partial charge in [0.1, 0.15) is 11.2 Å². The fourth-order valence-electron chi connectivity index (χ4n) is 9.30. The summed E-state index contributed by atoms with van der Waals surface area (Å²) in [6.45, 7) is 0. The summed E-state index contributed by atoms with van der Waals surface area (Å²) in [5.74, 6) is 1.87. The highest BCUT2D eigenvalue weighted by molar-refractivity contribution is 7.26. The van der Waals surface area contributed by atoms with Crippen molar-refractivity contribution < 1.29 is 4.42 Å². The molecule has 0 spiro atoms. The maximum atomic E-state index is 6.44. The van der Waals surface area contributed by atoms with Gasteiger partial charge in [0.25, 0.3) is 0 Å². The Bertz CT molecular complexity index is 3820. The van der Waals surface area contributed by atoms with Crippen LogP contribution in [0.25, 0.3) is 126 Å². The molecule has 0 atom stereocenters. The lowest BCUT2D eigenvalue weighted by molar-refractivity contribution is 0.669. The summed E-state index contributed by atoms with van der Waals surface area (Å²) in [5, 5.41) is 6.92. The average Bonchev–Trinajstić information content (AvgIpc) is 4.02. The Morgan fingerprint density at radius 2 is 0.952 bits per heavy atom. The highest BCUT2D eigenvalue weighted by Gasteiger charge is 2.20. The summed E-state index contributed by atoms with van der Waals surface area (Å²) in [5.41, 5.74) is 12.4. The summed E-state index contributed by atoms with van der Waals surface area (Å²) < 4.78 is 11.2. The van der Waals surface area contributed by atoms with Crippen LogP contribution >= 0.6 is 11.3 Å². The van der Waals surface area contributed by atoms with Gasteiger partial charge in [-0.15, -0.1) is 11.3 Å². The Hall–Kier alpha value is -8.19. The highest BCUT2D eigenvalue weighted by atomic mass is 32.1. The lowest BCUT2D eigenvalue weighted by Gasteiger charge is -2.12. The molecule has 0 bridgehead atoms. The fraction of sp³-hybridized carbons (Fsp3) is 0. The van der Waals surface area contributed by atoms with E-state index < -0.39 is 0 Å². The predicted octanol–water partition coefficient (Wildman–Crippen LogP) is 15.6. The maximum absolute atomic E-state index is 6.44. The minimum Gasteiger partial charge on any atom is -0.456 e. The van der Waals surface area contributed by atoms with Crippen molar-refractivity contribution in [2.24, 2.45) is 0 Å². The van der Waals surface area contributed by atoms with E-state index in [1.807, 2.05) is 24.3 Å². The van der Waals surface area contributed by atoms with Crippen molar-refractivity contribution in [2.75, 3.05) is 0 Å². The molecule has 63 heavy (non-hydrogen) atoms. The van der Waals surface area contributed by atoms with Crippen LogP contribution in [0, 0.1) is 0 Å². The van der Waals surface area contributed by atoms with E-state index in [4.69, 9.17) is 19.4 Å². The summed E-state index contributed by atoms with van der Waals surface area (Å²) in [6, 6.07) is 72.7. The Morgan fingerprint density at radius 1 is 0.349 bits per heavy atom. The quantitative estimate of drug-likeness (QED) is 0.168. The summed E-state index contributed by atoms with van der Waals surface area (Å²) in [6.07, 6.45) is 0. The number of furan rings is 1. The number of para-hydroxylation sites is 2. The zero-order chi connectivity index (χ0) is 41.4. The lowest BCUT2D eigenvalue weighted by Crippen LogP contribution is -2.01. The fourth-order valence-corrected chi connectivity index (χ4v) is 10.4. The number of rotatable bonds is 6. The number of hydrogen-bond donors (Lipinski definition) is 0. The molecule has 4 heterocycles. The van der Waals surface area contributed by atoms with Crippen molar-refractivity contribution >= 4 is 75.3 Å². The highest BCUT2D eigenvalue weighted by Crippen LogP contribution is 2.43. The molecule has 13 rings (SSSR count). The van der Waals surface area contributed by atoms with E-state index in [-0.39, 0.29) is 0 Å². The van der Waals surface area contributed by atoms with E-state index in [1.54, 1.807) is 11.3 Å². The zero-order valence-electron chi connectivity index (χ0n) is 33.7. The Labute approximate surface area is 365 Å². The SMILES string of the molecule is c1ccc(-c2cccc(-c3nc(-c4cccc(-c5ccccc5)c4)nc(-c4cccc5sc6ccc(-n7c8ccccc8c8cc9c(cc87)oc7ccccc79)cc6c45)n3)c2)cc1. The van der Waals surface area contributed by atoms with Gasteiger partial charge < -0.3 is 8.98 Å². The van der Waals surface area contributed by atoms with Crippen LogP contribution in [-0.4, -0.2) is 19.5 Å². The third-order valence-electron chi connectivity index (χ3n) is 12.2. The first-order chi connectivity index (χ1) is 31.2. The standard InChI is InChI=1S/C57H34N4OS/c1-3-14-35(15-4-1)37-18-11-20-39(30-37)55-58-56(40-21-12-19-38(31-40)36-16-5-2-6-17-36)60-57(59-55)44-24-13-27-53-54(44)47-32-41(28-29-52(47)63-53)61-48-25-9-7-22-42(48)45-33-46-43-23-8-10-26-50(43)62-51(46)34-49(45)61/h1-34H. The largest absolute Gasteiger partial charge is 0.456 e. The van der Waals surface area contributed by atoms with E-state index >= 15 is 0 Å². The van der Waals surface area contributed by atoms with E-state index in [9.17, 15) is 0 Å². The van der Waals surface area contributed by atoms with Gasteiger partial charge in [-0.05, 0) is 76.9 Å². The topological polar surface area (TPSA) is 56.7 Å². The molecule has 0 fully saturated rings. The molecule has 294 valence electrons. The van der Waals surface area contributed by atoms with E-state index in [1.165, 1.54) is 20.2 Å². The van der Waals surface area contributed by atoms with Crippen molar-refractivity contribution in [1.29, 1.82) is 0 Å². The summed E-state index contributed by atoms with van der Waals surface area (Å²) >= 11 is 1.79. The first-order valence-corrected chi connectivity index (χ1v) is 21.9. The van der Waals surface area contributed by atoms with Gasteiger partial charge in [0.05, 0.1) is 11.0 Å². The second-order valence-corrected chi connectivity index (χ2v) is 17.1. The number of thiophene rings is 1. The van der Waals surface area contributed by atoms with Crippen LogP contribution in [0.3, 0.4) is 0 Å². The number of nitrogens with zero attached hydrogens (tertiary/aromatic N) is 4. The van der Waals surface area contributed by atoms with Gasteiger partial charge in [-0.25, -0.2) is 15.0 Å². The number of aromatic nitrogens is 4. The molecule has 0 aliphatic heterocycles. The zero-order valence-corrected chi connectivity index (χ0v) is 34.6. The molecule has 0 aliphatic carbocycles. The molecule has 0 saturated heterocycles. The average molecular weight is 823 g/mol. The van der Waals surface area contributed by atoms with E-state index in [2.05, 4.69) is 187 Å². The lowest BCUT2D eigenvalue weighted by atomic mass is 10.0. The predicted molar refractivity (Wildman–Crippen MR) is 262 cm³/mol. The molecule has 0 radical (unpaired) electrons. The molecule has 6 heteroatoms. The molecule has 0 N–H and O–H groups in total. The summed E-state index contributed by atoms with van der Waals surface area (Å²) in [7, 11) is 0. The van der Waals surface area contributed by atoms with Crippen molar-refractivity contribution in [3.63, 3.8) is 0 Å². The molecule has 0 amide bonds. The van der Waals surface area contributed by atoms with E-state index in [0.717, 1.165) is 88.4 Å². The first kappa shape index (κ1) is 35.6. The number of benzene rings is 9. The van der Waals surface area contributed by atoms with Gasteiger partial charge in [-0.1, -0.05) is 146 Å². The number of fused-ring (bicyclic) bond motifs is 9. The number of hydrogen-bond acceptors (Lipinski definition) is 5. The van der Waals surface area contributed by atoms with Crippen molar-refractivity contribution in [3.8, 4) is 62.1 Å². The second-order valence-electron chi connectivity index (χ2n) is 16.0. The molecular formula is C57H34N4OS. The van der Waals surface area contributed by atoms with Gasteiger partial charge in [0.15, 0.2) is 17.5 Å². The normalized spacial score (nSPS) is 11.8. The molecule has 0 unspecified atom stereocenters. The molecule has 9 aromatic carbocycles. The molecule has 0 aliphatic rings. The first-order valence-electron chi connectivity index (χ1n) is 21.1. The summed E-state index contributed by atoms with van der Waals surface area (Å²) in [4.78, 5) is 15.8. The minimum atomic E-state index is 0.623. The van der Waals surface area contributed by atoms with Crippen LogP contribution in [-0.2, 0) is 0 Å². The third kappa shape index (κ3) is 5.87. The molecule has 5 nitrogen and oxygen atoms in total. The van der Waals surface area contributed by atoms with Gasteiger partial charge in [0, 0.05) is 70.2 Å². The monoisotopic (exact) mass is 822 g/mol.